The molecular formula is C12H22N4O2S. The predicted octanol–water partition coefficient (Wildman–Crippen LogP) is 1.25. The average molecular weight is 286 g/mol. The Labute approximate surface area is 115 Å². The fraction of sp³-hybridized carbons (Fsp3) is 0.583. The Bertz CT molecular complexity index is 476. The molecule has 108 valence electrons. The van der Waals surface area contributed by atoms with Crippen molar-refractivity contribution in [3.05, 3.63) is 18.3 Å². The van der Waals surface area contributed by atoms with Gasteiger partial charge in [0.05, 0.1) is 5.75 Å². The molecule has 6 nitrogen and oxygen atoms in total. The smallest absolute Gasteiger partial charge is 0.213 e. The Kier molecular flexibility index (Phi) is 6.58. The normalized spacial score (nSPS) is 11.3. The molecule has 0 fully saturated rings. The summed E-state index contributed by atoms with van der Waals surface area (Å²) in [5.41, 5.74) is 0.861. The number of pyridine rings is 1. The van der Waals surface area contributed by atoms with Gasteiger partial charge in [-0.05, 0) is 12.5 Å². The van der Waals surface area contributed by atoms with Crippen molar-refractivity contribution in [1.82, 2.24) is 9.71 Å². The maximum absolute atomic E-state index is 11.5. The van der Waals surface area contributed by atoms with Crippen molar-refractivity contribution >= 4 is 21.5 Å². The van der Waals surface area contributed by atoms with Crippen molar-refractivity contribution in [2.75, 3.05) is 36.0 Å². The highest BCUT2D eigenvalue weighted by Crippen LogP contribution is 2.11. The van der Waals surface area contributed by atoms with Gasteiger partial charge in [0.15, 0.2) is 0 Å². The standard InChI is InChI=1S/C12H22N4O2S/c1-3-6-14-12-10-11(5-7-15-12)13-8-9-19(17,18)16-4-2/h5,7,10,16H,3-4,6,8-9H2,1-2H3,(H2,13,14,15). The number of rotatable bonds is 9. The highest BCUT2D eigenvalue weighted by atomic mass is 32.2. The first-order chi connectivity index (χ1) is 9.07. The molecule has 0 spiro atoms. The predicted molar refractivity (Wildman–Crippen MR) is 79.0 cm³/mol. The summed E-state index contributed by atoms with van der Waals surface area (Å²) >= 11 is 0. The number of nitrogens with one attached hydrogen (secondary N) is 3. The molecule has 0 aliphatic rings. The van der Waals surface area contributed by atoms with Gasteiger partial charge >= 0.3 is 0 Å². The first-order valence-corrected chi connectivity index (χ1v) is 8.13. The van der Waals surface area contributed by atoms with Crippen molar-refractivity contribution in [2.45, 2.75) is 20.3 Å². The topological polar surface area (TPSA) is 83.1 Å². The number of hydrogen-bond acceptors (Lipinski definition) is 5. The first kappa shape index (κ1) is 15.7. The molecule has 1 heterocycles. The summed E-state index contributed by atoms with van der Waals surface area (Å²) in [6.45, 7) is 5.50. The lowest BCUT2D eigenvalue weighted by Crippen LogP contribution is -2.29. The highest BCUT2D eigenvalue weighted by Gasteiger charge is 2.07. The minimum Gasteiger partial charge on any atom is -0.384 e. The van der Waals surface area contributed by atoms with E-state index in [1.54, 1.807) is 13.1 Å². The lowest BCUT2D eigenvalue weighted by atomic mass is 10.3. The number of hydrogen-bond donors (Lipinski definition) is 3. The molecule has 0 atom stereocenters. The summed E-state index contributed by atoms with van der Waals surface area (Å²) in [4.78, 5) is 4.18. The second-order valence-corrected chi connectivity index (χ2v) is 6.03. The maximum atomic E-state index is 11.5. The average Bonchev–Trinajstić information content (AvgIpc) is 2.36. The van der Waals surface area contributed by atoms with E-state index >= 15 is 0 Å². The molecule has 0 aliphatic heterocycles. The summed E-state index contributed by atoms with van der Waals surface area (Å²) in [7, 11) is -3.17. The summed E-state index contributed by atoms with van der Waals surface area (Å²) in [6.07, 6.45) is 2.72. The van der Waals surface area contributed by atoms with Crippen molar-refractivity contribution in [2.24, 2.45) is 0 Å². The van der Waals surface area contributed by atoms with E-state index < -0.39 is 10.0 Å². The molecule has 7 heteroatoms. The van der Waals surface area contributed by atoms with Gasteiger partial charge in [-0.1, -0.05) is 13.8 Å². The Hall–Kier alpha value is -1.34. The Morgan fingerprint density at radius 2 is 2.00 bits per heavy atom. The van der Waals surface area contributed by atoms with Crippen LogP contribution in [0.15, 0.2) is 18.3 Å². The zero-order valence-corrected chi connectivity index (χ0v) is 12.3. The molecule has 0 amide bonds. The third kappa shape index (κ3) is 6.40. The van der Waals surface area contributed by atoms with Crippen LogP contribution in [0.25, 0.3) is 0 Å². The lowest BCUT2D eigenvalue weighted by molar-refractivity contribution is 0.584. The minimum absolute atomic E-state index is 0.0564. The van der Waals surface area contributed by atoms with Crippen LogP contribution < -0.4 is 15.4 Å². The number of anilines is 2. The molecule has 3 N–H and O–H groups in total. The fourth-order valence-corrected chi connectivity index (χ4v) is 2.47. The van der Waals surface area contributed by atoms with Gasteiger partial charge in [0.25, 0.3) is 0 Å². The van der Waals surface area contributed by atoms with E-state index in [1.165, 1.54) is 0 Å². The minimum atomic E-state index is -3.17. The third-order valence-corrected chi connectivity index (χ3v) is 3.85. The molecule has 0 bridgehead atoms. The maximum Gasteiger partial charge on any atom is 0.213 e. The van der Waals surface area contributed by atoms with Gasteiger partial charge < -0.3 is 10.6 Å². The van der Waals surface area contributed by atoms with Crippen LogP contribution in [0.4, 0.5) is 11.5 Å². The van der Waals surface area contributed by atoms with Gasteiger partial charge in [-0.3, -0.25) is 0 Å². The molecular weight excluding hydrogens is 264 g/mol. The summed E-state index contributed by atoms with van der Waals surface area (Å²) in [5, 5.41) is 6.26. The summed E-state index contributed by atoms with van der Waals surface area (Å²) in [5.74, 6) is 0.849. The van der Waals surface area contributed by atoms with Crippen LogP contribution >= 0.6 is 0 Å². The van der Waals surface area contributed by atoms with Crippen LogP contribution in [0.2, 0.25) is 0 Å². The molecule has 1 aromatic rings. The molecule has 1 aromatic heterocycles. The Morgan fingerprint density at radius 1 is 1.21 bits per heavy atom. The zero-order valence-electron chi connectivity index (χ0n) is 11.4. The van der Waals surface area contributed by atoms with Gasteiger partial charge in [0, 0.05) is 37.6 Å². The monoisotopic (exact) mass is 286 g/mol. The van der Waals surface area contributed by atoms with Crippen molar-refractivity contribution < 1.29 is 8.42 Å². The van der Waals surface area contributed by atoms with Crippen LogP contribution in [-0.2, 0) is 10.0 Å². The second-order valence-electron chi connectivity index (χ2n) is 4.10. The zero-order chi connectivity index (χ0) is 14.1. The molecule has 0 radical (unpaired) electrons. The molecule has 0 saturated heterocycles. The largest absolute Gasteiger partial charge is 0.384 e. The fourth-order valence-electron chi connectivity index (χ4n) is 1.51. The SMILES string of the molecule is CCCNc1cc(NCCS(=O)(=O)NCC)ccn1. The van der Waals surface area contributed by atoms with Gasteiger partial charge in [-0.15, -0.1) is 0 Å². The van der Waals surface area contributed by atoms with Crippen LogP contribution in [0, 0.1) is 0 Å². The lowest BCUT2D eigenvalue weighted by Gasteiger charge is -2.09. The molecule has 1 rings (SSSR count). The van der Waals surface area contributed by atoms with Gasteiger partial charge in [0.1, 0.15) is 5.82 Å². The number of sulfonamides is 1. The molecule has 0 aliphatic carbocycles. The number of nitrogens with zero attached hydrogens (tertiary/aromatic N) is 1. The Balaban J connectivity index is 2.45. The van der Waals surface area contributed by atoms with E-state index in [9.17, 15) is 8.42 Å². The summed E-state index contributed by atoms with van der Waals surface area (Å²) < 4.78 is 25.4. The highest BCUT2D eigenvalue weighted by molar-refractivity contribution is 7.89. The van der Waals surface area contributed by atoms with Crippen molar-refractivity contribution in [1.29, 1.82) is 0 Å². The Morgan fingerprint density at radius 3 is 2.68 bits per heavy atom. The molecule has 19 heavy (non-hydrogen) atoms. The van der Waals surface area contributed by atoms with Crippen molar-refractivity contribution in [3.63, 3.8) is 0 Å². The van der Waals surface area contributed by atoms with E-state index in [2.05, 4.69) is 27.3 Å². The van der Waals surface area contributed by atoms with Gasteiger partial charge in [-0.25, -0.2) is 18.1 Å². The van der Waals surface area contributed by atoms with E-state index in [0.717, 1.165) is 24.5 Å². The van der Waals surface area contributed by atoms with E-state index in [-0.39, 0.29) is 5.75 Å². The van der Waals surface area contributed by atoms with Crippen LogP contribution in [0.3, 0.4) is 0 Å². The van der Waals surface area contributed by atoms with Crippen molar-refractivity contribution in [3.8, 4) is 0 Å². The summed E-state index contributed by atoms with van der Waals surface area (Å²) in [6, 6.07) is 3.69. The molecule has 0 unspecified atom stereocenters. The molecule has 0 saturated carbocycles. The van der Waals surface area contributed by atoms with Crippen LogP contribution in [0.1, 0.15) is 20.3 Å². The van der Waals surface area contributed by atoms with Gasteiger partial charge in [0.2, 0.25) is 10.0 Å². The van der Waals surface area contributed by atoms with E-state index in [4.69, 9.17) is 0 Å². The quantitative estimate of drug-likeness (QED) is 0.636. The van der Waals surface area contributed by atoms with Crippen LogP contribution in [-0.4, -0.2) is 38.8 Å². The third-order valence-electron chi connectivity index (χ3n) is 2.38. The molecule has 0 aromatic carbocycles. The van der Waals surface area contributed by atoms with E-state index in [0.29, 0.717) is 13.1 Å². The first-order valence-electron chi connectivity index (χ1n) is 6.48. The van der Waals surface area contributed by atoms with Crippen LogP contribution in [0.5, 0.6) is 0 Å². The van der Waals surface area contributed by atoms with E-state index in [1.807, 2.05) is 12.1 Å². The second kappa shape index (κ2) is 7.96. The number of aromatic nitrogens is 1. The van der Waals surface area contributed by atoms with Gasteiger partial charge in [-0.2, -0.15) is 0 Å².